The molecular weight excluding hydrogens is 382 g/mol. The molecule has 0 aliphatic heterocycles. The molecule has 1 N–H and O–H groups in total. The number of rotatable bonds is 5. The van der Waals surface area contributed by atoms with Crippen molar-refractivity contribution in [3.05, 3.63) is 82.9 Å². The van der Waals surface area contributed by atoms with Crippen LogP contribution in [0.4, 0.5) is 5.69 Å². The lowest BCUT2D eigenvalue weighted by molar-refractivity contribution is 0.102. The standard InChI is InChI=1S/C23H19N3O2S/c1-14-12-17(26-28-14)13-29-23-19(6-3-11-24-23)22(27)25-20-10-9-16-8-7-15-4-2-5-18(20)21(15)16/h2-6,9-12H,7-8,13H2,1H3,(H,25,27). The van der Waals surface area contributed by atoms with Crippen molar-refractivity contribution in [1.82, 2.24) is 10.1 Å². The molecule has 0 atom stereocenters. The highest BCUT2D eigenvalue weighted by Crippen LogP contribution is 2.35. The molecule has 0 saturated heterocycles. The Morgan fingerprint density at radius 2 is 2.00 bits per heavy atom. The van der Waals surface area contributed by atoms with Crippen LogP contribution in [0.25, 0.3) is 10.8 Å². The highest BCUT2D eigenvalue weighted by molar-refractivity contribution is 7.98. The lowest BCUT2D eigenvalue weighted by Gasteiger charge is -2.12. The van der Waals surface area contributed by atoms with Gasteiger partial charge in [0.1, 0.15) is 10.8 Å². The Labute approximate surface area is 172 Å². The minimum atomic E-state index is -0.157. The van der Waals surface area contributed by atoms with E-state index in [1.807, 2.05) is 19.1 Å². The second-order valence-electron chi connectivity index (χ2n) is 7.14. The third kappa shape index (κ3) is 3.40. The van der Waals surface area contributed by atoms with Crippen LogP contribution in [0.3, 0.4) is 0 Å². The van der Waals surface area contributed by atoms with Crippen molar-refractivity contribution in [2.24, 2.45) is 0 Å². The van der Waals surface area contributed by atoms with Gasteiger partial charge in [-0.2, -0.15) is 0 Å². The zero-order valence-corrected chi connectivity index (χ0v) is 16.8. The first kappa shape index (κ1) is 17.9. The number of aryl methyl sites for hydroxylation is 3. The van der Waals surface area contributed by atoms with Gasteiger partial charge >= 0.3 is 0 Å². The van der Waals surface area contributed by atoms with E-state index in [0.717, 1.165) is 35.4 Å². The minimum Gasteiger partial charge on any atom is -0.361 e. The summed E-state index contributed by atoms with van der Waals surface area (Å²) in [6, 6.07) is 15.9. The molecule has 0 radical (unpaired) electrons. The van der Waals surface area contributed by atoms with Crippen LogP contribution < -0.4 is 5.32 Å². The van der Waals surface area contributed by atoms with Gasteiger partial charge in [-0.3, -0.25) is 4.79 Å². The van der Waals surface area contributed by atoms with Crippen molar-refractivity contribution in [2.75, 3.05) is 5.32 Å². The number of nitrogens with zero attached hydrogens (tertiary/aromatic N) is 2. The van der Waals surface area contributed by atoms with Gasteiger partial charge in [-0.25, -0.2) is 4.98 Å². The maximum absolute atomic E-state index is 13.1. The van der Waals surface area contributed by atoms with Gasteiger partial charge in [-0.1, -0.05) is 41.2 Å². The largest absolute Gasteiger partial charge is 0.361 e. The first-order valence-electron chi connectivity index (χ1n) is 9.54. The van der Waals surface area contributed by atoms with E-state index in [9.17, 15) is 4.79 Å². The number of thioether (sulfide) groups is 1. The third-order valence-electron chi connectivity index (χ3n) is 5.17. The zero-order chi connectivity index (χ0) is 19.8. The number of amides is 1. The van der Waals surface area contributed by atoms with Crippen molar-refractivity contribution >= 4 is 34.1 Å². The molecule has 5 rings (SSSR count). The second kappa shape index (κ2) is 7.37. The first-order chi connectivity index (χ1) is 14.2. The molecule has 0 bridgehead atoms. The van der Waals surface area contributed by atoms with Crippen LogP contribution in [-0.2, 0) is 18.6 Å². The highest BCUT2D eigenvalue weighted by atomic mass is 32.2. The molecule has 4 aromatic rings. The fourth-order valence-corrected chi connectivity index (χ4v) is 4.72. The van der Waals surface area contributed by atoms with E-state index in [2.05, 4.69) is 39.7 Å². The molecule has 0 fully saturated rings. The Kier molecular flexibility index (Phi) is 4.56. The Bertz CT molecular complexity index is 1220. The molecule has 0 saturated carbocycles. The monoisotopic (exact) mass is 401 g/mol. The van der Waals surface area contributed by atoms with Crippen LogP contribution >= 0.6 is 11.8 Å². The number of nitrogens with one attached hydrogen (secondary N) is 1. The van der Waals surface area contributed by atoms with E-state index in [4.69, 9.17) is 4.52 Å². The Hall–Kier alpha value is -3.12. The molecule has 1 amide bonds. The topological polar surface area (TPSA) is 68.0 Å². The number of aromatic nitrogens is 2. The van der Waals surface area contributed by atoms with Gasteiger partial charge in [0.05, 0.1) is 11.3 Å². The fraction of sp³-hybridized carbons (Fsp3) is 0.174. The average Bonchev–Trinajstić information content (AvgIpc) is 3.36. The van der Waals surface area contributed by atoms with E-state index in [-0.39, 0.29) is 5.91 Å². The zero-order valence-electron chi connectivity index (χ0n) is 15.9. The molecule has 2 heterocycles. The van der Waals surface area contributed by atoms with Crippen molar-refractivity contribution < 1.29 is 9.32 Å². The van der Waals surface area contributed by atoms with Gasteiger partial charge in [0.25, 0.3) is 5.91 Å². The van der Waals surface area contributed by atoms with E-state index >= 15 is 0 Å². The average molecular weight is 401 g/mol. The molecule has 5 nitrogen and oxygen atoms in total. The Balaban J connectivity index is 1.41. The third-order valence-corrected chi connectivity index (χ3v) is 6.21. The van der Waals surface area contributed by atoms with E-state index in [1.54, 1.807) is 18.3 Å². The van der Waals surface area contributed by atoms with Crippen LogP contribution in [0, 0.1) is 6.92 Å². The lowest BCUT2D eigenvalue weighted by atomic mass is 10.0. The first-order valence-corrected chi connectivity index (χ1v) is 10.5. The summed E-state index contributed by atoms with van der Waals surface area (Å²) >= 11 is 1.48. The molecular formula is C23H19N3O2S. The second-order valence-corrected chi connectivity index (χ2v) is 8.10. The van der Waals surface area contributed by atoms with Crippen molar-refractivity contribution in [3.63, 3.8) is 0 Å². The Morgan fingerprint density at radius 3 is 2.83 bits per heavy atom. The number of anilines is 1. The maximum atomic E-state index is 13.1. The van der Waals surface area contributed by atoms with Gasteiger partial charge in [0, 0.05) is 29.1 Å². The SMILES string of the molecule is Cc1cc(CSc2ncccc2C(=O)Nc2ccc3c4c(cccc24)CC3)no1. The predicted octanol–water partition coefficient (Wildman–Crippen LogP) is 5.17. The number of hydrogen-bond acceptors (Lipinski definition) is 5. The molecule has 0 spiro atoms. The van der Waals surface area contributed by atoms with Gasteiger partial charge in [0.2, 0.25) is 0 Å². The van der Waals surface area contributed by atoms with Crippen LogP contribution in [-0.4, -0.2) is 16.0 Å². The lowest BCUT2D eigenvalue weighted by Crippen LogP contribution is -2.14. The minimum absolute atomic E-state index is 0.157. The number of benzene rings is 2. The van der Waals surface area contributed by atoms with Crippen molar-refractivity contribution in [3.8, 4) is 0 Å². The summed E-state index contributed by atoms with van der Waals surface area (Å²) in [5, 5.41) is 10.2. The van der Waals surface area contributed by atoms with E-state index < -0.39 is 0 Å². The summed E-state index contributed by atoms with van der Waals surface area (Å²) < 4.78 is 5.11. The predicted molar refractivity (Wildman–Crippen MR) is 114 cm³/mol. The van der Waals surface area contributed by atoms with Crippen molar-refractivity contribution in [2.45, 2.75) is 30.5 Å². The summed E-state index contributed by atoms with van der Waals surface area (Å²) in [5.41, 5.74) is 4.94. The maximum Gasteiger partial charge on any atom is 0.258 e. The van der Waals surface area contributed by atoms with Gasteiger partial charge in [-0.05, 0) is 54.5 Å². The van der Waals surface area contributed by atoms with Gasteiger partial charge in [0.15, 0.2) is 0 Å². The molecule has 2 aromatic carbocycles. The molecule has 1 aliphatic rings. The summed E-state index contributed by atoms with van der Waals surface area (Å²) in [5.74, 6) is 1.21. The highest BCUT2D eigenvalue weighted by Gasteiger charge is 2.18. The van der Waals surface area contributed by atoms with Crippen LogP contribution in [0.1, 0.15) is 32.9 Å². The van der Waals surface area contributed by atoms with Crippen LogP contribution in [0.5, 0.6) is 0 Å². The van der Waals surface area contributed by atoms with Crippen LogP contribution in [0.2, 0.25) is 0 Å². The number of hydrogen-bond donors (Lipinski definition) is 1. The summed E-state index contributed by atoms with van der Waals surface area (Å²) in [4.78, 5) is 17.5. The van der Waals surface area contributed by atoms with Gasteiger partial charge in [-0.15, -0.1) is 0 Å². The number of carbonyl (C=O) groups excluding carboxylic acids is 1. The van der Waals surface area contributed by atoms with Gasteiger partial charge < -0.3 is 9.84 Å². The molecule has 6 heteroatoms. The smallest absolute Gasteiger partial charge is 0.258 e. The quantitative estimate of drug-likeness (QED) is 0.467. The molecule has 2 aromatic heterocycles. The van der Waals surface area contributed by atoms with E-state index in [0.29, 0.717) is 16.3 Å². The van der Waals surface area contributed by atoms with Crippen LogP contribution in [0.15, 0.2) is 64.3 Å². The molecule has 29 heavy (non-hydrogen) atoms. The van der Waals surface area contributed by atoms with E-state index in [1.165, 1.54) is 28.3 Å². The fourth-order valence-electron chi connectivity index (χ4n) is 3.85. The summed E-state index contributed by atoms with van der Waals surface area (Å²) in [6.45, 7) is 1.86. The Morgan fingerprint density at radius 1 is 1.14 bits per heavy atom. The summed E-state index contributed by atoms with van der Waals surface area (Å²) in [6.07, 6.45) is 3.83. The molecule has 1 aliphatic carbocycles. The summed E-state index contributed by atoms with van der Waals surface area (Å²) in [7, 11) is 0. The number of carbonyl (C=O) groups is 1. The van der Waals surface area contributed by atoms with Crippen molar-refractivity contribution in [1.29, 1.82) is 0 Å². The molecule has 0 unspecified atom stereocenters. The normalized spacial score (nSPS) is 12.4. The molecule has 144 valence electrons. The number of pyridine rings is 1.